The number of nitrogens with zero attached hydrogens (tertiary/aromatic N) is 1. The van der Waals surface area contributed by atoms with Crippen LogP contribution in [-0.4, -0.2) is 30.6 Å². The summed E-state index contributed by atoms with van der Waals surface area (Å²) in [5.74, 6) is -0.631. The number of thiophene rings is 1. The minimum absolute atomic E-state index is 0.383. The van der Waals surface area contributed by atoms with Crippen LogP contribution in [0.4, 0.5) is 5.69 Å². The Hall–Kier alpha value is -2.42. The molecule has 0 unspecified atom stereocenters. The molecule has 0 saturated heterocycles. The van der Waals surface area contributed by atoms with Crippen molar-refractivity contribution in [2.45, 2.75) is 13.8 Å². The molecular weight excluding hydrogens is 420 g/mol. The SMILES string of the molecule is COc1cc(Cl)c(C)cc1NC(=O)COC(=O)c1sc(-c2ccsc2)nc1C. The second-order valence-corrected chi connectivity index (χ2v) is 8.06. The molecule has 2 heterocycles. The molecule has 146 valence electrons. The molecule has 1 aromatic carbocycles. The highest BCUT2D eigenvalue weighted by atomic mass is 35.5. The Labute approximate surface area is 175 Å². The van der Waals surface area contributed by atoms with Gasteiger partial charge in [-0.15, -0.1) is 11.3 Å². The average Bonchev–Trinajstić information content (AvgIpc) is 3.32. The smallest absolute Gasteiger partial charge is 0.350 e. The molecule has 3 aromatic rings. The molecule has 0 bridgehead atoms. The number of hydrogen-bond acceptors (Lipinski definition) is 7. The van der Waals surface area contributed by atoms with E-state index in [0.29, 0.717) is 27.0 Å². The Morgan fingerprint density at radius 2 is 2.07 bits per heavy atom. The van der Waals surface area contributed by atoms with Crippen molar-refractivity contribution >= 4 is 51.8 Å². The normalized spacial score (nSPS) is 10.6. The number of anilines is 1. The van der Waals surface area contributed by atoms with Crippen LogP contribution in [0.1, 0.15) is 20.9 Å². The lowest BCUT2D eigenvalue weighted by Crippen LogP contribution is -2.21. The van der Waals surface area contributed by atoms with Gasteiger partial charge in [0, 0.05) is 22.0 Å². The highest BCUT2D eigenvalue weighted by Crippen LogP contribution is 2.31. The van der Waals surface area contributed by atoms with Gasteiger partial charge in [0.15, 0.2) is 6.61 Å². The number of esters is 1. The molecule has 0 aliphatic rings. The van der Waals surface area contributed by atoms with Gasteiger partial charge in [0.1, 0.15) is 15.6 Å². The first-order chi connectivity index (χ1) is 13.4. The van der Waals surface area contributed by atoms with E-state index in [9.17, 15) is 9.59 Å². The highest BCUT2D eigenvalue weighted by molar-refractivity contribution is 7.17. The first-order valence-electron chi connectivity index (χ1n) is 8.20. The molecule has 0 spiro atoms. The van der Waals surface area contributed by atoms with Crippen molar-refractivity contribution in [3.8, 4) is 16.3 Å². The number of nitrogens with one attached hydrogen (secondary N) is 1. The van der Waals surface area contributed by atoms with E-state index in [4.69, 9.17) is 21.1 Å². The number of methoxy groups -OCH3 is 1. The van der Waals surface area contributed by atoms with E-state index in [1.54, 1.807) is 30.4 Å². The Kier molecular flexibility index (Phi) is 6.33. The fraction of sp³-hybridized carbons (Fsp3) is 0.211. The quantitative estimate of drug-likeness (QED) is 0.553. The van der Waals surface area contributed by atoms with E-state index < -0.39 is 18.5 Å². The summed E-state index contributed by atoms with van der Waals surface area (Å²) in [5.41, 5.74) is 2.78. The minimum Gasteiger partial charge on any atom is -0.495 e. The van der Waals surface area contributed by atoms with Crippen molar-refractivity contribution in [3.63, 3.8) is 0 Å². The molecule has 3 rings (SSSR count). The number of carbonyl (C=O) groups is 2. The van der Waals surface area contributed by atoms with Crippen LogP contribution >= 0.6 is 34.3 Å². The van der Waals surface area contributed by atoms with Crippen LogP contribution in [-0.2, 0) is 9.53 Å². The third-order valence-corrected chi connectivity index (χ3v) is 6.12. The average molecular weight is 437 g/mol. The van der Waals surface area contributed by atoms with Gasteiger partial charge in [0.05, 0.1) is 18.5 Å². The molecule has 2 aromatic heterocycles. The van der Waals surface area contributed by atoms with Crippen molar-refractivity contribution in [2.24, 2.45) is 0 Å². The third-order valence-electron chi connectivity index (χ3n) is 3.84. The summed E-state index contributed by atoms with van der Waals surface area (Å²) in [6.45, 7) is 3.13. The lowest BCUT2D eigenvalue weighted by atomic mass is 10.2. The molecular formula is C19H17ClN2O4S2. The molecule has 9 heteroatoms. The lowest BCUT2D eigenvalue weighted by molar-refractivity contribution is -0.119. The van der Waals surface area contributed by atoms with E-state index in [0.717, 1.165) is 16.1 Å². The Balaban J connectivity index is 1.64. The summed E-state index contributed by atoms with van der Waals surface area (Å²) < 4.78 is 10.4. The number of ether oxygens (including phenoxy) is 2. The van der Waals surface area contributed by atoms with Crippen LogP contribution in [0.3, 0.4) is 0 Å². The highest BCUT2D eigenvalue weighted by Gasteiger charge is 2.19. The monoisotopic (exact) mass is 436 g/mol. The van der Waals surface area contributed by atoms with E-state index in [1.165, 1.54) is 18.4 Å². The predicted octanol–water partition coefficient (Wildman–Crippen LogP) is 4.95. The number of rotatable bonds is 6. The van der Waals surface area contributed by atoms with E-state index in [1.807, 2.05) is 23.8 Å². The minimum atomic E-state index is -0.578. The summed E-state index contributed by atoms with van der Waals surface area (Å²) in [6.07, 6.45) is 0. The number of amides is 1. The zero-order chi connectivity index (χ0) is 20.3. The first kappa shape index (κ1) is 20.3. The first-order valence-corrected chi connectivity index (χ1v) is 10.3. The van der Waals surface area contributed by atoms with Crippen LogP contribution in [0.15, 0.2) is 29.0 Å². The molecule has 0 radical (unpaired) electrons. The third kappa shape index (κ3) is 4.52. The maximum atomic E-state index is 12.4. The molecule has 0 fully saturated rings. The molecule has 0 saturated carbocycles. The fourth-order valence-electron chi connectivity index (χ4n) is 2.41. The summed E-state index contributed by atoms with van der Waals surface area (Å²) in [5, 5.41) is 7.85. The van der Waals surface area contributed by atoms with Gasteiger partial charge in [0.2, 0.25) is 0 Å². The standard InChI is InChI=1S/C19H17ClN2O4S2/c1-10-6-14(15(25-3)7-13(10)20)22-16(23)8-26-19(24)17-11(2)21-18(28-17)12-4-5-27-9-12/h4-7,9H,8H2,1-3H3,(H,22,23). The van der Waals surface area contributed by atoms with Gasteiger partial charge in [-0.05, 0) is 36.9 Å². The van der Waals surface area contributed by atoms with Gasteiger partial charge in [0.25, 0.3) is 5.91 Å². The number of benzene rings is 1. The molecule has 6 nitrogen and oxygen atoms in total. The predicted molar refractivity (Wildman–Crippen MR) is 112 cm³/mol. The molecule has 0 aliphatic carbocycles. The topological polar surface area (TPSA) is 77.5 Å². The van der Waals surface area contributed by atoms with Crippen molar-refractivity contribution in [2.75, 3.05) is 19.0 Å². The molecule has 28 heavy (non-hydrogen) atoms. The number of aryl methyl sites for hydroxylation is 2. The molecule has 1 amide bonds. The van der Waals surface area contributed by atoms with E-state index in [2.05, 4.69) is 10.3 Å². The van der Waals surface area contributed by atoms with Crippen molar-refractivity contribution in [1.29, 1.82) is 0 Å². The van der Waals surface area contributed by atoms with Gasteiger partial charge in [-0.3, -0.25) is 4.79 Å². The number of hydrogen-bond donors (Lipinski definition) is 1. The molecule has 1 N–H and O–H groups in total. The summed E-state index contributed by atoms with van der Waals surface area (Å²) >= 11 is 8.86. The second-order valence-electron chi connectivity index (χ2n) is 5.87. The summed E-state index contributed by atoms with van der Waals surface area (Å²) in [4.78, 5) is 29.3. The largest absolute Gasteiger partial charge is 0.495 e. The summed E-state index contributed by atoms with van der Waals surface area (Å²) in [6, 6.07) is 5.25. The van der Waals surface area contributed by atoms with Gasteiger partial charge in [-0.2, -0.15) is 11.3 Å². The van der Waals surface area contributed by atoms with Crippen molar-refractivity contribution < 1.29 is 19.1 Å². The number of halogens is 1. The Bertz CT molecular complexity index is 1020. The van der Waals surface area contributed by atoms with Crippen LogP contribution in [0.5, 0.6) is 5.75 Å². The molecule has 0 aliphatic heterocycles. The van der Waals surface area contributed by atoms with Crippen LogP contribution < -0.4 is 10.1 Å². The van der Waals surface area contributed by atoms with Crippen LogP contribution in [0.2, 0.25) is 5.02 Å². The second kappa shape index (κ2) is 8.72. The van der Waals surface area contributed by atoms with Gasteiger partial charge in [-0.25, -0.2) is 9.78 Å². The van der Waals surface area contributed by atoms with E-state index in [-0.39, 0.29) is 0 Å². The Morgan fingerprint density at radius 1 is 1.29 bits per heavy atom. The van der Waals surface area contributed by atoms with E-state index >= 15 is 0 Å². The summed E-state index contributed by atoms with van der Waals surface area (Å²) in [7, 11) is 1.48. The van der Waals surface area contributed by atoms with Crippen LogP contribution in [0.25, 0.3) is 10.6 Å². The number of thiazole rings is 1. The fourth-order valence-corrected chi connectivity index (χ4v) is 4.23. The Morgan fingerprint density at radius 3 is 2.75 bits per heavy atom. The molecule has 0 atom stereocenters. The lowest BCUT2D eigenvalue weighted by Gasteiger charge is -2.12. The van der Waals surface area contributed by atoms with Gasteiger partial charge >= 0.3 is 5.97 Å². The zero-order valence-corrected chi connectivity index (χ0v) is 17.8. The maximum Gasteiger partial charge on any atom is 0.350 e. The number of carbonyl (C=O) groups excluding carboxylic acids is 2. The number of aromatic nitrogens is 1. The van der Waals surface area contributed by atoms with Crippen molar-refractivity contribution in [1.82, 2.24) is 4.98 Å². The van der Waals surface area contributed by atoms with Crippen LogP contribution in [0, 0.1) is 13.8 Å². The van der Waals surface area contributed by atoms with Crippen molar-refractivity contribution in [3.05, 3.63) is 50.1 Å². The maximum absolute atomic E-state index is 12.4. The van der Waals surface area contributed by atoms with Gasteiger partial charge < -0.3 is 14.8 Å². The zero-order valence-electron chi connectivity index (χ0n) is 15.4. The van der Waals surface area contributed by atoms with Gasteiger partial charge in [-0.1, -0.05) is 11.6 Å².